The minimum absolute atomic E-state index is 0.755. The Morgan fingerprint density at radius 2 is 1.74 bits per heavy atom. The summed E-state index contributed by atoms with van der Waals surface area (Å²) in [5, 5.41) is 15.4. The Hall–Kier alpha value is -3.41. The van der Waals surface area contributed by atoms with Crippen molar-refractivity contribution >= 4 is 28.2 Å². The molecule has 0 spiro atoms. The van der Waals surface area contributed by atoms with Gasteiger partial charge >= 0.3 is 12.1 Å². The summed E-state index contributed by atoms with van der Waals surface area (Å²) in [4.78, 5) is 18.6. The summed E-state index contributed by atoms with van der Waals surface area (Å²) in [6.45, 7) is 8.02. The molecule has 1 aliphatic rings. The number of halogens is 3. The molecule has 0 amide bonds. The van der Waals surface area contributed by atoms with Gasteiger partial charge in [-0.1, -0.05) is 30.3 Å². The quantitative estimate of drug-likeness (QED) is 0.283. The van der Waals surface area contributed by atoms with E-state index in [1.165, 1.54) is 11.1 Å². The second-order valence-corrected chi connectivity index (χ2v) is 9.38. The van der Waals surface area contributed by atoms with Crippen LogP contribution in [0.5, 0.6) is 0 Å². The number of anilines is 2. The molecule has 8 nitrogen and oxygen atoms in total. The zero-order valence-electron chi connectivity index (χ0n) is 22.2. The normalized spacial score (nSPS) is 13.7. The van der Waals surface area contributed by atoms with Crippen molar-refractivity contribution in [2.45, 2.75) is 19.0 Å². The fourth-order valence-corrected chi connectivity index (χ4v) is 4.28. The third-order valence-electron chi connectivity index (χ3n) is 6.38. The molecule has 5 N–H and O–H groups in total. The summed E-state index contributed by atoms with van der Waals surface area (Å²) in [5.74, 6) is -2.76. The number of aliphatic carboxylic acids is 1. The highest BCUT2D eigenvalue weighted by Crippen LogP contribution is 2.29. The van der Waals surface area contributed by atoms with Crippen LogP contribution in [0.25, 0.3) is 22.2 Å². The van der Waals surface area contributed by atoms with Crippen LogP contribution >= 0.6 is 0 Å². The topological polar surface area (TPSA) is 107 Å². The molecule has 2 aromatic carbocycles. The predicted molar refractivity (Wildman–Crippen MR) is 150 cm³/mol. The zero-order valence-corrected chi connectivity index (χ0v) is 22.2. The van der Waals surface area contributed by atoms with E-state index in [-0.39, 0.29) is 0 Å². The lowest BCUT2D eigenvalue weighted by Crippen LogP contribution is -2.43. The summed E-state index contributed by atoms with van der Waals surface area (Å²) in [6.07, 6.45) is -2.94. The second-order valence-electron chi connectivity index (χ2n) is 9.38. The van der Waals surface area contributed by atoms with Crippen LogP contribution < -0.4 is 21.3 Å². The van der Waals surface area contributed by atoms with Crippen molar-refractivity contribution in [3.05, 3.63) is 54.6 Å². The summed E-state index contributed by atoms with van der Waals surface area (Å²) < 4.78 is 31.7. The molecule has 212 valence electrons. The summed E-state index contributed by atoms with van der Waals surface area (Å²) in [5.41, 5.74) is 11.2. The highest BCUT2D eigenvalue weighted by atomic mass is 19.4. The van der Waals surface area contributed by atoms with Gasteiger partial charge in [-0.05, 0) is 63.8 Å². The molecule has 1 aliphatic heterocycles. The average Bonchev–Trinajstić information content (AvgIpc) is 2.94. The van der Waals surface area contributed by atoms with Gasteiger partial charge in [0.1, 0.15) is 0 Å². The van der Waals surface area contributed by atoms with E-state index in [1.807, 2.05) is 0 Å². The number of carboxylic acids is 1. The minimum Gasteiger partial charge on any atom is -0.475 e. The van der Waals surface area contributed by atoms with Gasteiger partial charge in [0.25, 0.3) is 0 Å². The standard InChI is InChI=1S/C26H36N6.C2HF3O2/c1-31(16-4-12-27)17-5-13-29-26-20-25(30-24-7-3-2-6-23(24)26)21-8-10-22(11-9-21)32-18-14-28-15-19-32;3-2(4,5)1(6)7/h2-3,6-11,20,28H,4-5,12-19,27H2,1H3,(H,29,30);(H,6,7). The number of benzene rings is 2. The second kappa shape index (κ2) is 14.7. The third-order valence-corrected chi connectivity index (χ3v) is 6.38. The number of carboxylic acid groups (broad SMARTS) is 1. The molecule has 0 atom stereocenters. The van der Waals surface area contributed by atoms with E-state index in [2.05, 4.69) is 82.1 Å². The zero-order chi connectivity index (χ0) is 28.3. The summed E-state index contributed by atoms with van der Waals surface area (Å²) in [6, 6.07) is 19.4. The van der Waals surface area contributed by atoms with Gasteiger partial charge in [-0.2, -0.15) is 13.2 Å². The van der Waals surface area contributed by atoms with Gasteiger partial charge in [-0.25, -0.2) is 9.78 Å². The fraction of sp³-hybridized carbons (Fsp3) is 0.429. The van der Waals surface area contributed by atoms with Gasteiger partial charge in [0.2, 0.25) is 0 Å². The van der Waals surface area contributed by atoms with Gasteiger partial charge in [-0.15, -0.1) is 0 Å². The third kappa shape index (κ3) is 9.38. The molecular weight excluding hydrogens is 509 g/mol. The largest absolute Gasteiger partial charge is 0.490 e. The molecular formula is C28H37F3N6O2. The van der Waals surface area contributed by atoms with Gasteiger partial charge < -0.3 is 31.3 Å². The molecule has 0 aliphatic carbocycles. The van der Waals surface area contributed by atoms with E-state index in [9.17, 15) is 13.2 Å². The molecule has 0 radical (unpaired) electrons. The van der Waals surface area contributed by atoms with Crippen LogP contribution in [-0.4, -0.2) is 86.5 Å². The maximum atomic E-state index is 10.6. The highest BCUT2D eigenvalue weighted by molar-refractivity contribution is 5.93. The van der Waals surface area contributed by atoms with Crippen LogP contribution in [0.3, 0.4) is 0 Å². The SMILES string of the molecule is CN(CCCN)CCCNc1cc(-c2ccc(N3CCNCC3)cc2)nc2ccccc12.O=C(O)C(F)(F)F. The maximum Gasteiger partial charge on any atom is 0.490 e. The number of fused-ring (bicyclic) bond motifs is 1. The Balaban J connectivity index is 0.000000532. The van der Waals surface area contributed by atoms with Gasteiger partial charge in [0.05, 0.1) is 11.2 Å². The first kappa shape index (κ1) is 30.1. The van der Waals surface area contributed by atoms with Crippen LogP contribution in [-0.2, 0) is 4.79 Å². The smallest absolute Gasteiger partial charge is 0.475 e. The number of nitrogens with zero attached hydrogens (tertiary/aromatic N) is 3. The number of hydrogen-bond acceptors (Lipinski definition) is 7. The first-order valence-corrected chi connectivity index (χ1v) is 13.1. The van der Waals surface area contributed by atoms with Gasteiger partial charge in [-0.3, -0.25) is 0 Å². The van der Waals surface area contributed by atoms with Crippen molar-refractivity contribution in [2.75, 3.05) is 69.6 Å². The Labute approximate surface area is 227 Å². The van der Waals surface area contributed by atoms with Crippen LogP contribution in [0, 0.1) is 0 Å². The van der Waals surface area contributed by atoms with E-state index in [4.69, 9.17) is 20.6 Å². The van der Waals surface area contributed by atoms with Crippen molar-refractivity contribution in [2.24, 2.45) is 5.73 Å². The summed E-state index contributed by atoms with van der Waals surface area (Å²) >= 11 is 0. The molecule has 3 aromatic rings. The molecule has 4 rings (SSSR count). The first-order chi connectivity index (χ1) is 18.7. The number of nitrogens with one attached hydrogen (secondary N) is 2. The van der Waals surface area contributed by atoms with E-state index in [1.54, 1.807) is 0 Å². The number of nitrogens with two attached hydrogens (primary N) is 1. The Bertz CT molecular complexity index is 1180. The van der Waals surface area contributed by atoms with E-state index in [0.29, 0.717) is 0 Å². The monoisotopic (exact) mass is 546 g/mol. The lowest BCUT2D eigenvalue weighted by molar-refractivity contribution is -0.192. The van der Waals surface area contributed by atoms with Gasteiger partial charge in [0, 0.05) is 55.0 Å². The highest BCUT2D eigenvalue weighted by Gasteiger charge is 2.38. The first-order valence-electron chi connectivity index (χ1n) is 13.1. The lowest BCUT2D eigenvalue weighted by atomic mass is 10.1. The van der Waals surface area contributed by atoms with Crippen LogP contribution in [0.2, 0.25) is 0 Å². The van der Waals surface area contributed by atoms with Crippen LogP contribution in [0.1, 0.15) is 12.8 Å². The van der Waals surface area contributed by atoms with Crippen molar-refractivity contribution in [1.29, 1.82) is 0 Å². The van der Waals surface area contributed by atoms with Crippen LogP contribution in [0.15, 0.2) is 54.6 Å². The number of pyridine rings is 1. The average molecular weight is 547 g/mol. The number of hydrogen-bond donors (Lipinski definition) is 4. The molecule has 0 unspecified atom stereocenters. The van der Waals surface area contributed by atoms with Crippen molar-refractivity contribution in [3.63, 3.8) is 0 Å². The predicted octanol–water partition coefficient (Wildman–Crippen LogP) is 4.03. The van der Waals surface area contributed by atoms with Crippen molar-refractivity contribution < 1.29 is 23.1 Å². The van der Waals surface area contributed by atoms with E-state index in [0.717, 1.165) is 87.7 Å². The molecule has 0 saturated carbocycles. The van der Waals surface area contributed by atoms with Gasteiger partial charge in [0.15, 0.2) is 0 Å². The summed E-state index contributed by atoms with van der Waals surface area (Å²) in [7, 11) is 2.17. The minimum atomic E-state index is -5.08. The maximum absolute atomic E-state index is 10.6. The van der Waals surface area contributed by atoms with Crippen molar-refractivity contribution in [3.8, 4) is 11.3 Å². The van der Waals surface area contributed by atoms with Crippen LogP contribution in [0.4, 0.5) is 24.5 Å². The fourth-order valence-electron chi connectivity index (χ4n) is 4.28. The Kier molecular flexibility index (Phi) is 11.3. The number of carbonyl (C=O) groups is 1. The lowest BCUT2D eigenvalue weighted by Gasteiger charge is -2.29. The number of alkyl halides is 3. The number of para-hydroxylation sites is 1. The molecule has 1 aromatic heterocycles. The number of piperazine rings is 1. The Morgan fingerprint density at radius 3 is 2.38 bits per heavy atom. The Morgan fingerprint density at radius 1 is 1.10 bits per heavy atom. The molecule has 1 fully saturated rings. The van der Waals surface area contributed by atoms with Crippen molar-refractivity contribution in [1.82, 2.24) is 15.2 Å². The molecule has 1 saturated heterocycles. The number of rotatable bonds is 10. The number of aromatic nitrogens is 1. The molecule has 39 heavy (non-hydrogen) atoms. The molecule has 0 bridgehead atoms. The van der Waals surface area contributed by atoms with E-state index < -0.39 is 12.1 Å². The molecule has 2 heterocycles. The molecule has 11 heteroatoms. The van der Waals surface area contributed by atoms with E-state index >= 15 is 0 Å².